The first kappa shape index (κ1) is 14.4. The first-order chi connectivity index (χ1) is 10.2. The molecule has 1 aromatic rings. The van der Waals surface area contributed by atoms with Crippen molar-refractivity contribution in [3.05, 3.63) is 28.2 Å². The summed E-state index contributed by atoms with van der Waals surface area (Å²) in [6.07, 6.45) is 2.13. The predicted molar refractivity (Wildman–Crippen MR) is 82.0 cm³/mol. The molecule has 3 rings (SSSR count). The van der Waals surface area contributed by atoms with Gasteiger partial charge in [0, 0.05) is 22.7 Å². The molecule has 1 aliphatic carbocycles. The number of amides is 1. The minimum Gasteiger partial charge on any atom is -0.377 e. The van der Waals surface area contributed by atoms with E-state index in [-0.39, 0.29) is 11.9 Å². The van der Waals surface area contributed by atoms with E-state index in [9.17, 15) is 4.79 Å². The predicted octanol–water partition coefficient (Wildman–Crippen LogP) is 1.80. The number of nitriles is 1. The van der Waals surface area contributed by atoms with E-state index in [0.717, 1.165) is 23.0 Å². The zero-order valence-electron chi connectivity index (χ0n) is 11.5. The Hall–Kier alpha value is -1.58. The zero-order valence-corrected chi connectivity index (χ0v) is 13.1. The molecule has 5 nitrogen and oxygen atoms in total. The van der Waals surface area contributed by atoms with E-state index in [1.807, 2.05) is 17.0 Å². The standard InChI is InChI=1S/C15H16BrN3O2/c16-11-5-10(8-17)6-13(7-11)19-3-4-21-9-14(19)15(20)18-12-1-2-12/h5-7,12,14H,1-4,9H2,(H,18,20). The third-order valence-corrected chi connectivity index (χ3v) is 4.16. The SMILES string of the molecule is N#Cc1cc(Br)cc(N2CCOCC2C(=O)NC2CC2)c1. The quantitative estimate of drug-likeness (QED) is 0.903. The molecule has 1 unspecified atom stereocenters. The van der Waals surface area contributed by atoms with Gasteiger partial charge in [0.05, 0.1) is 24.8 Å². The van der Waals surface area contributed by atoms with Crippen molar-refractivity contribution in [1.29, 1.82) is 5.26 Å². The number of ether oxygens (including phenoxy) is 1. The maximum atomic E-state index is 12.4. The Kier molecular flexibility index (Phi) is 4.13. The molecule has 1 aromatic carbocycles. The van der Waals surface area contributed by atoms with Crippen LogP contribution in [0.5, 0.6) is 0 Å². The summed E-state index contributed by atoms with van der Waals surface area (Å²) in [4.78, 5) is 14.4. The van der Waals surface area contributed by atoms with Crippen LogP contribution in [-0.2, 0) is 9.53 Å². The molecular weight excluding hydrogens is 334 g/mol. The number of benzene rings is 1. The Morgan fingerprint density at radius 1 is 1.43 bits per heavy atom. The fourth-order valence-electron chi connectivity index (χ4n) is 2.46. The van der Waals surface area contributed by atoms with Crippen molar-refractivity contribution in [3.63, 3.8) is 0 Å². The number of nitrogens with zero attached hydrogens (tertiary/aromatic N) is 2. The van der Waals surface area contributed by atoms with E-state index in [1.165, 1.54) is 0 Å². The molecule has 6 heteroatoms. The number of carbonyl (C=O) groups excluding carboxylic acids is 1. The van der Waals surface area contributed by atoms with Crippen LogP contribution < -0.4 is 10.2 Å². The number of halogens is 1. The molecule has 0 bridgehead atoms. The van der Waals surface area contributed by atoms with Gasteiger partial charge in [0.25, 0.3) is 0 Å². The Morgan fingerprint density at radius 2 is 2.24 bits per heavy atom. The van der Waals surface area contributed by atoms with E-state index in [4.69, 9.17) is 10.00 Å². The molecular formula is C15H16BrN3O2. The molecule has 2 aliphatic rings. The number of rotatable bonds is 3. The van der Waals surface area contributed by atoms with Crippen LogP contribution in [0.2, 0.25) is 0 Å². The van der Waals surface area contributed by atoms with E-state index in [1.54, 1.807) is 6.07 Å². The van der Waals surface area contributed by atoms with Crippen LogP contribution in [0.3, 0.4) is 0 Å². The summed E-state index contributed by atoms with van der Waals surface area (Å²) in [5.41, 5.74) is 1.45. The molecule has 1 heterocycles. The monoisotopic (exact) mass is 349 g/mol. The molecule has 1 aliphatic heterocycles. The van der Waals surface area contributed by atoms with Gasteiger partial charge in [0.1, 0.15) is 6.04 Å². The summed E-state index contributed by atoms with van der Waals surface area (Å²) in [6, 6.07) is 7.66. The summed E-state index contributed by atoms with van der Waals surface area (Å²) in [7, 11) is 0. The van der Waals surface area contributed by atoms with Crippen molar-refractivity contribution < 1.29 is 9.53 Å². The highest BCUT2D eigenvalue weighted by atomic mass is 79.9. The smallest absolute Gasteiger partial charge is 0.245 e. The minimum absolute atomic E-state index is 0.00989. The summed E-state index contributed by atoms with van der Waals surface area (Å²) < 4.78 is 6.30. The van der Waals surface area contributed by atoms with Gasteiger partial charge in [-0.1, -0.05) is 15.9 Å². The zero-order chi connectivity index (χ0) is 14.8. The van der Waals surface area contributed by atoms with Crippen LogP contribution in [0, 0.1) is 11.3 Å². The summed E-state index contributed by atoms with van der Waals surface area (Å²) in [6.45, 7) is 1.61. The lowest BCUT2D eigenvalue weighted by Gasteiger charge is -2.36. The number of morpholine rings is 1. The van der Waals surface area contributed by atoms with Crippen LogP contribution in [0.15, 0.2) is 22.7 Å². The van der Waals surface area contributed by atoms with Gasteiger partial charge in [-0.15, -0.1) is 0 Å². The highest BCUT2D eigenvalue weighted by molar-refractivity contribution is 9.10. The first-order valence-corrected chi connectivity index (χ1v) is 7.82. The van der Waals surface area contributed by atoms with Gasteiger partial charge in [-0.3, -0.25) is 4.79 Å². The molecule has 1 N–H and O–H groups in total. The van der Waals surface area contributed by atoms with E-state index >= 15 is 0 Å². The van der Waals surface area contributed by atoms with Gasteiger partial charge in [0.15, 0.2) is 0 Å². The Morgan fingerprint density at radius 3 is 2.95 bits per heavy atom. The average molecular weight is 350 g/mol. The number of nitrogens with one attached hydrogen (secondary N) is 1. The van der Waals surface area contributed by atoms with Crippen molar-refractivity contribution in [2.75, 3.05) is 24.7 Å². The third kappa shape index (κ3) is 3.36. The number of hydrogen-bond donors (Lipinski definition) is 1. The van der Waals surface area contributed by atoms with E-state index in [0.29, 0.717) is 31.4 Å². The molecule has 0 spiro atoms. The number of anilines is 1. The second-order valence-electron chi connectivity index (χ2n) is 5.38. The van der Waals surface area contributed by atoms with Gasteiger partial charge in [-0.25, -0.2) is 0 Å². The highest BCUT2D eigenvalue weighted by Crippen LogP contribution is 2.26. The fourth-order valence-corrected chi connectivity index (χ4v) is 2.94. The van der Waals surface area contributed by atoms with Gasteiger partial charge >= 0.3 is 0 Å². The van der Waals surface area contributed by atoms with Crippen LogP contribution in [0.4, 0.5) is 5.69 Å². The van der Waals surface area contributed by atoms with Crippen LogP contribution in [-0.4, -0.2) is 37.7 Å². The molecule has 1 atom stereocenters. The van der Waals surface area contributed by atoms with Crippen LogP contribution >= 0.6 is 15.9 Å². The van der Waals surface area contributed by atoms with Crippen molar-refractivity contribution in [2.45, 2.75) is 24.9 Å². The lowest BCUT2D eigenvalue weighted by molar-refractivity contribution is -0.124. The van der Waals surface area contributed by atoms with Crippen LogP contribution in [0.25, 0.3) is 0 Å². The summed E-state index contributed by atoms with van der Waals surface area (Å²) >= 11 is 3.42. The second-order valence-corrected chi connectivity index (χ2v) is 6.29. The molecule has 0 aromatic heterocycles. The van der Waals surface area contributed by atoms with Crippen LogP contribution in [0.1, 0.15) is 18.4 Å². The topological polar surface area (TPSA) is 65.4 Å². The summed E-state index contributed by atoms with van der Waals surface area (Å²) in [5, 5.41) is 12.1. The molecule has 110 valence electrons. The molecule has 1 saturated carbocycles. The highest BCUT2D eigenvalue weighted by Gasteiger charge is 2.33. The summed E-state index contributed by atoms with van der Waals surface area (Å²) in [5.74, 6) is 0.00989. The van der Waals surface area contributed by atoms with Gasteiger partial charge in [-0.2, -0.15) is 5.26 Å². The number of hydrogen-bond acceptors (Lipinski definition) is 4. The van der Waals surface area contributed by atoms with Crippen molar-refractivity contribution in [2.24, 2.45) is 0 Å². The van der Waals surface area contributed by atoms with Gasteiger partial charge < -0.3 is 15.0 Å². The Labute approximate surface area is 132 Å². The number of carbonyl (C=O) groups is 1. The second kappa shape index (κ2) is 6.04. The largest absolute Gasteiger partial charge is 0.377 e. The normalized spacial score (nSPS) is 21.7. The molecule has 21 heavy (non-hydrogen) atoms. The fraction of sp³-hybridized carbons (Fsp3) is 0.467. The Balaban J connectivity index is 1.84. The van der Waals surface area contributed by atoms with Crippen molar-refractivity contribution in [3.8, 4) is 6.07 Å². The lowest BCUT2D eigenvalue weighted by Crippen LogP contribution is -2.54. The minimum atomic E-state index is -0.333. The van der Waals surface area contributed by atoms with Gasteiger partial charge in [-0.05, 0) is 31.0 Å². The van der Waals surface area contributed by atoms with E-state index < -0.39 is 0 Å². The van der Waals surface area contributed by atoms with Crippen molar-refractivity contribution >= 4 is 27.5 Å². The molecule has 1 amide bonds. The van der Waals surface area contributed by atoms with Crippen molar-refractivity contribution in [1.82, 2.24) is 5.32 Å². The average Bonchev–Trinajstić information content (AvgIpc) is 3.30. The molecule has 1 saturated heterocycles. The maximum absolute atomic E-state index is 12.4. The molecule has 0 radical (unpaired) electrons. The van der Waals surface area contributed by atoms with E-state index in [2.05, 4.69) is 27.3 Å². The third-order valence-electron chi connectivity index (χ3n) is 3.70. The van der Waals surface area contributed by atoms with Gasteiger partial charge in [0.2, 0.25) is 5.91 Å². The maximum Gasteiger partial charge on any atom is 0.245 e. The first-order valence-electron chi connectivity index (χ1n) is 7.03. The Bertz CT molecular complexity index is 595. The molecule has 2 fully saturated rings. The lowest BCUT2D eigenvalue weighted by atomic mass is 10.1.